The van der Waals surface area contributed by atoms with Crippen LogP contribution in [-0.4, -0.2) is 43.0 Å². The normalized spacial score (nSPS) is 14.5. The molecular formula is C27H29FN6O4. The number of carbonyl (C=O) groups is 2. The van der Waals surface area contributed by atoms with Gasteiger partial charge in [-0.2, -0.15) is 4.80 Å². The van der Waals surface area contributed by atoms with Crippen LogP contribution in [0.4, 0.5) is 4.39 Å². The minimum absolute atomic E-state index is 0.0418. The second-order valence-corrected chi connectivity index (χ2v) is 9.54. The Morgan fingerprint density at radius 3 is 2.42 bits per heavy atom. The second kappa shape index (κ2) is 11.0. The molecule has 0 radical (unpaired) electrons. The molecule has 1 aromatic carbocycles. The van der Waals surface area contributed by atoms with E-state index in [-0.39, 0.29) is 30.9 Å². The standard InChI is InChI=1S/C27H29FN6O4/c1-17-7-13-22(37-17)25(27(36)29-21-5-3-4-6-21)33(15-19-9-11-20(28)12-10-19)24(35)16-34-31-26(30-32-34)23-14-8-18(2)38-23/h7-14,21,25H,3-6,15-16H2,1-2H3,(H,29,36). The first kappa shape index (κ1) is 25.4. The molecule has 4 aromatic rings. The predicted octanol–water partition coefficient (Wildman–Crippen LogP) is 4.11. The Kier molecular flexibility index (Phi) is 7.34. The van der Waals surface area contributed by atoms with Gasteiger partial charge < -0.3 is 19.1 Å². The minimum atomic E-state index is -1.04. The molecule has 1 fully saturated rings. The molecule has 198 valence electrons. The molecule has 1 atom stereocenters. The van der Waals surface area contributed by atoms with Gasteiger partial charge in [-0.15, -0.1) is 10.2 Å². The summed E-state index contributed by atoms with van der Waals surface area (Å²) in [5, 5.41) is 15.4. The van der Waals surface area contributed by atoms with Crippen molar-refractivity contribution in [2.75, 3.05) is 0 Å². The average molecular weight is 521 g/mol. The lowest BCUT2D eigenvalue weighted by molar-refractivity contribution is -0.143. The van der Waals surface area contributed by atoms with Gasteiger partial charge in [0, 0.05) is 12.6 Å². The summed E-state index contributed by atoms with van der Waals surface area (Å²) in [6.07, 6.45) is 3.87. The number of aryl methyl sites for hydroxylation is 2. The van der Waals surface area contributed by atoms with Crippen LogP contribution in [0.1, 0.15) is 54.6 Å². The van der Waals surface area contributed by atoms with Crippen molar-refractivity contribution in [2.24, 2.45) is 0 Å². The number of carbonyl (C=O) groups excluding carboxylic acids is 2. The zero-order valence-electron chi connectivity index (χ0n) is 21.3. The number of nitrogens with zero attached hydrogens (tertiary/aromatic N) is 5. The summed E-state index contributed by atoms with van der Waals surface area (Å²) in [6.45, 7) is 3.35. The third kappa shape index (κ3) is 5.82. The fourth-order valence-electron chi connectivity index (χ4n) is 4.66. The monoisotopic (exact) mass is 520 g/mol. The van der Waals surface area contributed by atoms with Crippen molar-refractivity contribution < 1.29 is 22.8 Å². The van der Waals surface area contributed by atoms with Crippen LogP contribution in [0.5, 0.6) is 0 Å². The molecule has 2 amide bonds. The summed E-state index contributed by atoms with van der Waals surface area (Å²) in [6, 6.07) is 11.8. The van der Waals surface area contributed by atoms with Gasteiger partial charge >= 0.3 is 0 Å². The molecule has 3 heterocycles. The molecule has 38 heavy (non-hydrogen) atoms. The van der Waals surface area contributed by atoms with Crippen LogP contribution in [0, 0.1) is 19.7 Å². The summed E-state index contributed by atoms with van der Waals surface area (Å²) < 4.78 is 25.0. The van der Waals surface area contributed by atoms with Gasteiger partial charge in [0.25, 0.3) is 5.91 Å². The molecular weight excluding hydrogens is 491 g/mol. The fourth-order valence-corrected chi connectivity index (χ4v) is 4.66. The van der Waals surface area contributed by atoms with Crippen LogP contribution in [0.2, 0.25) is 0 Å². The third-order valence-corrected chi connectivity index (χ3v) is 6.57. The zero-order valence-corrected chi connectivity index (χ0v) is 21.3. The van der Waals surface area contributed by atoms with Crippen LogP contribution >= 0.6 is 0 Å². The lowest BCUT2D eigenvalue weighted by Crippen LogP contribution is -2.46. The van der Waals surface area contributed by atoms with E-state index in [1.807, 2.05) is 0 Å². The van der Waals surface area contributed by atoms with E-state index in [1.165, 1.54) is 17.0 Å². The molecule has 3 aromatic heterocycles. The highest BCUT2D eigenvalue weighted by Crippen LogP contribution is 2.28. The highest BCUT2D eigenvalue weighted by molar-refractivity contribution is 5.88. The number of benzene rings is 1. The summed E-state index contributed by atoms with van der Waals surface area (Å²) in [4.78, 5) is 30.0. The maximum Gasteiger partial charge on any atom is 0.250 e. The van der Waals surface area contributed by atoms with E-state index >= 15 is 0 Å². The Hall–Kier alpha value is -4.28. The number of hydrogen-bond donors (Lipinski definition) is 1. The van der Waals surface area contributed by atoms with E-state index in [0.29, 0.717) is 28.6 Å². The number of hydrogen-bond acceptors (Lipinski definition) is 7. The first-order valence-corrected chi connectivity index (χ1v) is 12.6. The zero-order chi connectivity index (χ0) is 26.6. The third-order valence-electron chi connectivity index (χ3n) is 6.57. The molecule has 1 saturated carbocycles. The topological polar surface area (TPSA) is 119 Å². The van der Waals surface area contributed by atoms with Crippen LogP contribution < -0.4 is 5.32 Å². The Morgan fingerprint density at radius 1 is 1.05 bits per heavy atom. The second-order valence-electron chi connectivity index (χ2n) is 9.54. The van der Waals surface area contributed by atoms with Gasteiger partial charge in [-0.3, -0.25) is 9.59 Å². The maximum atomic E-state index is 13.8. The number of nitrogens with one attached hydrogen (secondary N) is 1. The smallest absolute Gasteiger partial charge is 0.250 e. The fraction of sp³-hybridized carbons (Fsp3) is 0.370. The summed E-state index contributed by atoms with van der Waals surface area (Å²) >= 11 is 0. The van der Waals surface area contributed by atoms with E-state index in [2.05, 4.69) is 20.7 Å². The van der Waals surface area contributed by atoms with Gasteiger partial charge in [-0.25, -0.2) is 4.39 Å². The number of halogens is 1. The summed E-state index contributed by atoms with van der Waals surface area (Å²) in [5.41, 5.74) is 0.653. The number of aromatic nitrogens is 4. The molecule has 0 bridgehead atoms. The van der Waals surface area contributed by atoms with Crippen molar-refractivity contribution in [1.29, 1.82) is 0 Å². The molecule has 10 nitrogen and oxygen atoms in total. The predicted molar refractivity (Wildman–Crippen MR) is 134 cm³/mol. The minimum Gasteiger partial charge on any atom is -0.464 e. The lowest BCUT2D eigenvalue weighted by atomic mass is 10.1. The Balaban J connectivity index is 1.45. The van der Waals surface area contributed by atoms with Gasteiger partial charge in [0.15, 0.2) is 11.8 Å². The van der Waals surface area contributed by atoms with E-state index in [0.717, 1.165) is 30.5 Å². The maximum absolute atomic E-state index is 13.8. The highest BCUT2D eigenvalue weighted by atomic mass is 19.1. The number of tetrazole rings is 1. The number of amides is 2. The summed E-state index contributed by atoms with van der Waals surface area (Å²) in [5.74, 6) is 1.17. The molecule has 1 aliphatic rings. The average Bonchev–Trinajstić information content (AvgIpc) is 3.69. The Morgan fingerprint density at radius 2 is 1.76 bits per heavy atom. The molecule has 1 N–H and O–H groups in total. The number of furan rings is 2. The van der Waals surface area contributed by atoms with Gasteiger partial charge in [0.05, 0.1) is 0 Å². The van der Waals surface area contributed by atoms with Crippen molar-refractivity contribution in [3.63, 3.8) is 0 Å². The largest absolute Gasteiger partial charge is 0.464 e. The quantitative estimate of drug-likeness (QED) is 0.353. The SMILES string of the molecule is Cc1ccc(-c2nnn(CC(=O)N(Cc3ccc(F)cc3)C(C(=O)NC3CCCC3)c3ccc(C)o3)n2)o1. The first-order valence-electron chi connectivity index (χ1n) is 12.6. The van der Waals surface area contributed by atoms with Gasteiger partial charge in [0.1, 0.15) is 29.6 Å². The molecule has 0 spiro atoms. The van der Waals surface area contributed by atoms with Crippen molar-refractivity contribution in [3.8, 4) is 11.6 Å². The van der Waals surface area contributed by atoms with Crippen molar-refractivity contribution >= 4 is 11.8 Å². The number of rotatable bonds is 9. The Bertz CT molecular complexity index is 1400. The van der Waals surface area contributed by atoms with Crippen LogP contribution in [0.15, 0.2) is 57.4 Å². The van der Waals surface area contributed by atoms with E-state index < -0.39 is 17.8 Å². The van der Waals surface area contributed by atoms with Crippen LogP contribution in [0.25, 0.3) is 11.6 Å². The lowest BCUT2D eigenvalue weighted by Gasteiger charge is -2.30. The molecule has 0 aliphatic heterocycles. The van der Waals surface area contributed by atoms with Gasteiger partial charge in [-0.05, 0) is 73.9 Å². The van der Waals surface area contributed by atoms with E-state index in [4.69, 9.17) is 8.83 Å². The van der Waals surface area contributed by atoms with Crippen molar-refractivity contribution in [2.45, 2.75) is 64.7 Å². The molecule has 1 aliphatic carbocycles. The van der Waals surface area contributed by atoms with Gasteiger partial charge in [0.2, 0.25) is 11.7 Å². The van der Waals surface area contributed by atoms with E-state index in [1.54, 1.807) is 50.2 Å². The van der Waals surface area contributed by atoms with Crippen molar-refractivity contribution in [3.05, 3.63) is 77.2 Å². The summed E-state index contributed by atoms with van der Waals surface area (Å²) in [7, 11) is 0. The van der Waals surface area contributed by atoms with Gasteiger partial charge in [-0.1, -0.05) is 25.0 Å². The van der Waals surface area contributed by atoms with Crippen LogP contribution in [-0.2, 0) is 22.7 Å². The Labute approximate surface area is 218 Å². The molecule has 1 unspecified atom stereocenters. The van der Waals surface area contributed by atoms with E-state index in [9.17, 15) is 14.0 Å². The van der Waals surface area contributed by atoms with Crippen molar-refractivity contribution in [1.82, 2.24) is 30.4 Å². The highest BCUT2D eigenvalue weighted by Gasteiger charge is 2.36. The molecule has 11 heteroatoms. The molecule has 5 rings (SSSR count). The van der Waals surface area contributed by atoms with Crippen LogP contribution in [0.3, 0.4) is 0 Å². The first-order chi connectivity index (χ1) is 18.4. The molecule has 0 saturated heterocycles.